The Morgan fingerprint density at radius 2 is 1.68 bits per heavy atom. The molecule has 0 aliphatic carbocycles. The first-order chi connectivity index (χ1) is 22.9. The summed E-state index contributed by atoms with van der Waals surface area (Å²) in [4.78, 5) is 72.2. The van der Waals surface area contributed by atoms with Gasteiger partial charge in [-0.2, -0.15) is 0 Å². The van der Waals surface area contributed by atoms with Crippen molar-refractivity contribution in [2.45, 2.75) is 51.8 Å². The van der Waals surface area contributed by atoms with Gasteiger partial charge in [-0.1, -0.05) is 26.0 Å². The zero-order valence-corrected chi connectivity index (χ0v) is 26.1. The Kier molecular flexibility index (Phi) is 15.4. The lowest BCUT2D eigenvalue weighted by Gasteiger charge is -2.25. The second kappa shape index (κ2) is 20.0. The maximum absolute atomic E-state index is 13.3. The van der Waals surface area contributed by atoms with E-state index in [1.807, 2.05) is 0 Å². The van der Waals surface area contributed by atoms with Crippen molar-refractivity contribution < 1.29 is 44.5 Å². The third-order valence-electron chi connectivity index (χ3n) is 6.41. The van der Waals surface area contributed by atoms with E-state index in [9.17, 15) is 34.1 Å². The molecule has 47 heavy (non-hydrogen) atoms. The standard InChI is InChI=1S/C30H41N7O10/c1-19(2)26(36-25(38)13-16-45-17-14-31)28(40)35-24(4-3-15-33-29(32)41)27(39)34-21-7-5-20(6-8-21)18-46-30(42)47-23-11-9-22(10-12-23)37(43)44/h5-12,19,24,26H,3-4,13-18,31H2,1-2H3,(H,34,39)(H,35,40)(H,36,38)(H3,32,33,41)/t24-,26-/m0/s1/i/hT. The monoisotopic (exact) mass is 661 g/mol. The van der Waals surface area contributed by atoms with Gasteiger partial charge < -0.3 is 46.9 Å². The van der Waals surface area contributed by atoms with E-state index in [2.05, 4.69) is 27.0 Å². The van der Waals surface area contributed by atoms with Gasteiger partial charge in [0, 0.05) is 37.3 Å². The molecule has 17 nitrogen and oxygen atoms in total. The van der Waals surface area contributed by atoms with Crippen LogP contribution in [0.15, 0.2) is 48.5 Å². The number of hydrogen-bond acceptors (Lipinski definition) is 11. The van der Waals surface area contributed by atoms with E-state index in [0.717, 1.165) is 0 Å². The summed E-state index contributed by atoms with van der Waals surface area (Å²) < 4.78 is 22.2. The quantitative estimate of drug-likeness (QED) is 0.0391. The molecule has 2 atom stereocenters. The molecule has 0 aliphatic heterocycles. The highest BCUT2D eigenvalue weighted by molar-refractivity contribution is 5.98. The Bertz CT molecular complexity index is 1380. The second-order valence-electron chi connectivity index (χ2n) is 10.5. The number of urea groups is 1. The molecule has 8 N–H and O–H groups in total. The smallest absolute Gasteiger partial charge is 0.429 e. The lowest BCUT2D eigenvalue weighted by molar-refractivity contribution is -0.384. The average Bonchev–Trinajstić information content (AvgIpc) is 3.04. The first-order valence-electron chi connectivity index (χ1n) is 15.2. The minimum atomic E-state index is -1.04. The van der Waals surface area contributed by atoms with Crippen LogP contribution in [-0.2, 0) is 30.5 Å². The zero-order chi connectivity index (χ0) is 35.5. The highest BCUT2D eigenvalue weighted by atomic mass is 16.7. The highest BCUT2D eigenvalue weighted by Crippen LogP contribution is 2.18. The van der Waals surface area contributed by atoms with Gasteiger partial charge in [0.05, 0.1) is 18.1 Å². The van der Waals surface area contributed by atoms with Crippen LogP contribution in [0.2, 0.25) is 1.41 Å². The third-order valence-corrected chi connectivity index (χ3v) is 6.41. The molecule has 256 valence electrons. The molecule has 0 aliphatic rings. The number of ether oxygens (including phenoxy) is 3. The molecule has 0 bridgehead atoms. The van der Waals surface area contributed by atoms with E-state index < -0.39 is 46.9 Å². The van der Waals surface area contributed by atoms with Crippen LogP contribution in [-0.4, -0.2) is 73.2 Å². The number of anilines is 1. The van der Waals surface area contributed by atoms with Gasteiger partial charge in [0.25, 0.3) is 5.69 Å². The van der Waals surface area contributed by atoms with Crippen molar-refractivity contribution in [2.24, 2.45) is 17.4 Å². The summed E-state index contributed by atoms with van der Waals surface area (Å²) in [6, 6.07) is 8.49. The molecule has 0 aromatic heterocycles. The van der Waals surface area contributed by atoms with Crippen LogP contribution in [0.3, 0.4) is 0 Å². The summed E-state index contributed by atoms with van der Waals surface area (Å²) >= 11 is 0. The molecular weight excluding hydrogens is 618 g/mol. The number of nitrogens with one attached hydrogen (secondary N) is 4. The lowest BCUT2D eigenvalue weighted by Crippen LogP contribution is -2.54. The van der Waals surface area contributed by atoms with Crippen molar-refractivity contribution >= 4 is 41.3 Å². The molecule has 2 aromatic rings. The fourth-order valence-corrected chi connectivity index (χ4v) is 3.99. The Balaban J connectivity index is 1.97. The lowest BCUT2D eigenvalue weighted by atomic mass is 10.0. The fraction of sp³-hybridized carbons (Fsp3) is 0.433. The van der Waals surface area contributed by atoms with E-state index in [1.54, 1.807) is 38.1 Å². The van der Waals surface area contributed by atoms with Gasteiger partial charge in [0.15, 0.2) is 0 Å². The molecule has 2 rings (SSSR count). The van der Waals surface area contributed by atoms with Gasteiger partial charge in [0.1, 0.15) is 25.9 Å². The number of hydrogen-bond donors (Lipinski definition) is 6. The number of nitro benzene ring substituents is 1. The predicted molar refractivity (Wildman–Crippen MR) is 169 cm³/mol. The maximum Gasteiger partial charge on any atom is 0.514 e. The molecule has 0 spiro atoms. The van der Waals surface area contributed by atoms with Gasteiger partial charge in [-0.15, -0.1) is 0 Å². The molecule has 0 radical (unpaired) electrons. The predicted octanol–water partition coefficient (Wildman–Crippen LogP) is 1.69. The summed E-state index contributed by atoms with van der Waals surface area (Å²) in [5.41, 5.74) is 8.07. The summed E-state index contributed by atoms with van der Waals surface area (Å²) in [5.74, 6) is -1.79. The molecule has 0 saturated heterocycles. The van der Waals surface area contributed by atoms with Crippen LogP contribution >= 0.6 is 0 Å². The first-order valence-corrected chi connectivity index (χ1v) is 14.7. The Hall–Kier alpha value is -5.29. The van der Waals surface area contributed by atoms with Crippen LogP contribution in [0.4, 0.5) is 21.0 Å². The van der Waals surface area contributed by atoms with Crippen molar-refractivity contribution in [3.63, 3.8) is 0 Å². The minimum absolute atomic E-state index is 0.000786. The fourth-order valence-electron chi connectivity index (χ4n) is 3.99. The number of nitro groups is 1. The Morgan fingerprint density at radius 1 is 0.979 bits per heavy atom. The summed E-state index contributed by atoms with van der Waals surface area (Å²) in [5, 5.41) is 21.3. The Labute approximate surface area is 272 Å². The van der Waals surface area contributed by atoms with Crippen LogP contribution in [0.25, 0.3) is 0 Å². The molecule has 5 amide bonds. The van der Waals surface area contributed by atoms with Crippen LogP contribution in [0.5, 0.6) is 5.75 Å². The van der Waals surface area contributed by atoms with Gasteiger partial charge in [-0.25, -0.2) is 9.59 Å². The van der Waals surface area contributed by atoms with E-state index in [1.165, 1.54) is 24.3 Å². The molecule has 0 unspecified atom stereocenters. The number of carbonyl (C=O) groups is 5. The Morgan fingerprint density at radius 3 is 2.30 bits per heavy atom. The minimum Gasteiger partial charge on any atom is -0.429 e. The van der Waals surface area contributed by atoms with Gasteiger partial charge in [-0.05, 0) is 48.6 Å². The van der Waals surface area contributed by atoms with E-state index >= 15 is 0 Å². The molecular formula is C30H41N7O10. The first kappa shape index (κ1) is 36.2. The van der Waals surface area contributed by atoms with Gasteiger partial charge in [-0.3, -0.25) is 24.5 Å². The highest BCUT2D eigenvalue weighted by Gasteiger charge is 2.28. The number of rotatable bonds is 20. The molecule has 0 saturated carbocycles. The average molecular weight is 662 g/mol. The number of benzene rings is 2. The zero-order valence-electron chi connectivity index (χ0n) is 27.1. The number of amides is 5. The van der Waals surface area contributed by atoms with Crippen molar-refractivity contribution in [1.82, 2.24) is 16.0 Å². The molecule has 0 fully saturated rings. The maximum atomic E-state index is 13.3. The SMILES string of the molecule is [3H]NCCOCCC(=O)N[C@H](C(=O)N[C@@H](CCCNC(N)=O)C(=O)Nc1ccc(COC(=O)Oc2ccc([N+](=O)[O-])cc2)cc1)C(C)C. The van der Waals surface area contributed by atoms with E-state index in [0.29, 0.717) is 24.2 Å². The second-order valence-corrected chi connectivity index (χ2v) is 10.5. The largest absolute Gasteiger partial charge is 0.514 e. The van der Waals surface area contributed by atoms with Crippen molar-refractivity contribution in [1.29, 1.82) is 0 Å². The summed E-state index contributed by atoms with van der Waals surface area (Å²) in [6.45, 7) is 4.15. The molecule has 17 heteroatoms. The third kappa shape index (κ3) is 14.6. The van der Waals surface area contributed by atoms with Crippen molar-refractivity contribution in [3.8, 4) is 5.75 Å². The number of nitrogens with two attached hydrogens (primary N) is 2. The van der Waals surface area contributed by atoms with Crippen molar-refractivity contribution in [3.05, 3.63) is 64.2 Å². The van der Waals surface area contributed by atoms with Crippen LogP contribution in [0, 0.1) is 16.0 Å². The topological polar surface area (TPSA) is 256 Å². The van der Waals surface area contributed by atoms with Crippen LogP contribution in [0.1, 0.15) is 38.7 Å². The number of nitrogens with zero attached hydrogens (tertiary/aromatic N) is 1. The summed E-state index contributed by atoms with van der Waals surface area (Å²) in [7, 11) is 0. The van der Waals surface area contributed by atoms with Crippen molar-refractivity contribution in [2.75, 3.05) is 31.6 Å². The number of primary amides is 1. The normalized spacial score (nSPS) is 12.2. The summed E-state index contributed by atoms with van der Waals surface area (Å²) in [6.07, 6.45) is -0.583. The van der Waals surface area contributed by atoms with Gasteiger partial charge in [0.2, 0.25) is 17.7 Å². The van der Waals surface area contributed by atoms with Crippen LogP contribution < -0.4 is 37.5 Å². The van der Waals surface area contributed by atoms with E-state index in [4.69, 9.17) is 21.4 Å². The van der Waals surface area contributed by atoms with E-state index in [-0.39, 0.29) is 56.6 Å². The molecule has 2 aromatic carbocycles. The number of non-ortho nitro benzene ring substituents is 1. The van der Waals surface area contributed by atoms with Gasteiger partial charge >= 0.3 is 12.2 Å². The number of carbonyl (C=O) groups excluding carboxylic acids is 5. The molecule has 0 heterocycles.